The van der Waals surface area contributed by atoms with Gasteiger partial charge in [-0.15, -0.1) is 0 Å². The predicted octanol–water partition coefficient (Wildman–Crippen LogP) is 4.00. The summed E-state index contributed by atoms with van der Waals surface area (Å²) in [4.78, 5) is 3.98. The Morgan fingerprint density at radius 3 is 1.94 bits per heavy atom. The van der Waals surface area contributed by atoms with Crippen molar-refractivity contribution in [1.82, 2.24) is 4.98 Å². The molecule has 0 radical (unpaired) electrons. The largest absolute Gasteiger partial charge is 0.262 e. The first kappa shape index (κ1) is 12.4. The molecule has 0 unspecified atom stereocenters. The fourth-order valence-corrected chi connectivity index (χ4v) is 1.34. The van der Waals surface area contributed by atoms with Gasteiger partial charge in [-0.1, -0.05) is 29.8 Å². The van der Waals surface area contributed by atoms with E-state index in [-0.39, 0.29) is 0 Å². The van der Waals surface area contributed by atoms with Gasteiger partial charge in [-0.25, -0.2) is 0 Å². The second kappa shape index (κ2) is 6.06. The van der Waals surface area contributed by atoms with Crippen LogP contribution in [0.4, 0.5) is 0 Å². The van der Waals surface area contributed by atoms with Crippen molar-refractivity contribution in [2.24, 2.45) is 0 Å². The quantitative estimate of drug-likeness (QED) is 0.644. The van der Waals surface area contributed by atoms with E-state index < -0.39 is 0 Å². The molecule has 0 bridgehead atoms. The summed E-state index contributed by atoms with van der Waals surface area (Å²) in [5.41, 5.74) is 5.18. The minimum atomic E-state index is 1.07. The molecule has 0 aliphatic heterocycles. The number of hydrogen-bond donors (Lipinski definition) is 0. The first-order chi connectivity index (χ1) is 7.59. The number of aromatic nitrogens is 1. The molecule has 0 aliphatic carbocycles. The Bertz CT molecular complexity index is 432. The number of aryl methyl sites for hydroxylation is 4. The Labute approximate surface area is 98.2 Å². The fourth-order valence-electron chi connectivity index (χ4n) is 1.34. The molecular weight excluding hydrogens is 194 g/mol. The van der Waals surface area contributed by atoms with Crippen LogP contribution >= 0.6 is 0 Å². The first-order valence-corrected chi connectivity index (χ1v) is 5.51. The Morgan fingerprint density at radius 2 is 1.56 bits per heavy atom. The highest BCUT2D eigenvalue weighted by molar-refractivity contribution is 5.28. The third kappa shape index (κ3) is 4.26. The van der Waals surface area contributed by atoms with Gasteiger partial charge in [0.1, 0.15) is 0 Å². The van der Waals surface area contributed by atoms with Crippen LogP contribution < -0.4 is 0 Å². The van der Waals surface area contributed by atoms with Gasteiger partial charge in [0, 0.05) is 11.9 Å². The van der Waals surface area contributed by atoms with E-state index in [9.17, 15) is 0 Å². The number of benzene rings is 1. The Morgan fingerprint density at radius 1 is 0.812 bits per heavy atom. The van der Waals surface area contributed by atoms with Crippen LogP contribution in [0.5, 0.6) is 0 Å². The molecule has 0 aliphatic rings. The third-order valence-electron chi connectivity index (χ3n) is 2.48. The van der Waals surface area contributed by atoms with Crippen molar-refractivity contribution in [1.29, 1.82) is 0 Å². The summed E-state index contributed by atoms with van der Waals surface area (Å²) in [7, 11) is 0. The average molecular weight is 213 g/mol. The lowest BCUT2D eigenvalue weighted by Gasteiger charge is -1.98. The molecule has 0 saturated heterocycles. The van der Waals surface area contributed by atoms with Crippen LogP contribution in [0.25, 0.3) is 0 Å². The molecule has 0 fully saturated rings. The van der Waals surface area contributed by atoms with Gasteiger partial charge >= 0.3 is 0 Å². The third-order valence-corrected chi connectivity index (χ3v) is 2.48. The maximum absolute atomic E-state index is 3.98. The fraction of sp³-hybridized carbons (Fsp3) is 0.267. The van der Waals surface area contributed by atoms with Crippen LogP contribution in [0.3, 0.4) is 0 Å². The molecule has 1 aromatic heterocycles. The summed E-state index contributed by atoms with van der Waals surface area (Å²) in [5.74, 6) is 0. The maximum atomic E-state index is 3.98. The molecule has 1 nitrogen and oxygen atoms in total. The van der Waals surface area contributed by atoms with E-state index in [2.05, 4.69) is 44.0 Å². The van der Waals surface area contributed by atoms with Crippen molar-refractivity contribution in [3.8, 4) is 0 Å². The molecule has 1 aromatic carbocycles. The van der Waals surface area contributed by atoms with Gasteiger partial charge in [-0.05, 0) is 51.0 Å². The van der Waals surface area contributed by atoms with E-state index >= 15 is 0 Å². The second-order valence-electron chi connectivity index (χ2n) is 4.06. The Balaban J connectivity index is 0.000000165. The highest BCUT2D eigenvalue weighted by Crippen LogP contribution is 2.07. The van der Waals surface area contributed by atoms with E-state index in [1.54, 1.807) is 6.20 Å². The zero-order valence-corrected chi connectivity index (χ0v) is 10.5. The smallest absolute Gasteiger partial charge is 0.0372 e. The number of hydrogen-bond acceptors (Lipinski definition) is 1. The molecule has 0 amide bonds. The molecule has 2 rings (SSSR count). The minimum Gasteiger partial charge on any atom is -0.262 e. The molecule has 1 heteroatoms. The Kier molecular flexibility index (Phi) is 4.71. The topological polar surface area (TPSA) is 12.9 Å². The molecular formula is C15H19N. The second-order valence-corrected chi connectivity index (χ2v) is 4.06. The van der Waals surface area contributed by atoms with Crippen molar-refractivity contribution in [3.05, 3.63) is 65.0 Å². The standard InChI is InChI=1S/C9H12.C6H7N/c1-7-4-5-8(2)9(3)6-7;1-6-4-2-3-5-7-6/h4-6H,1-3H3;2-5H,1H3. The summed E-state index contributed by atoms with van der Waals surface area (Å²) in [5, 5.41) is 0. The SMILES string of the molecule is Cc1ccc(C)c(C)c1.Cc1ccccn1. The van der Waals surface area contributed by atoms with Crippen LogP contribution in [0.15, 0.2) is 42.6 Å². The maximum Gasteiger partial charge on any atom is 0.0372 e. The van der Waals surface area contributed by atoms with E-state index in [0.29, 0.717) is 0 Å². The van der Waals surface area contributed by atoms with Gasteiger partial charge in [-0.3, -0.25) is 4.98 Å². The molecule has 0 spiro atoms. The normalized spacial score (nSPS) is 9.25. The lowest BCUT2D eigenvalue weighted by molar-refractivity contribution is 1.20. The van der Waals surface area contributed by atoms with Gasteiger partial charge in [-0.2, -0.15) is 0 Å². The number of rotatable bonds is 0. The van der Waals surface area contributed by atoms with Crippen LogP contribution in [-0.4, -0.2) is 4.98 Å². The number of pyridine rings is 1. The predicted molar refractivity (Wildman–Crippen MR) is 69.6 cm³/mol. The summed E-state index contributed by atoms with van der Waals surface area (Å²) < 4.78 is 0. The van der Waals surface area contributed by atoms with Crippen LogP contribution in [0, 0.1) is 27.7 Å². The molecule has 1 heterocycles. The molecule has 2 aromatic rings. The Hall–Kier alpha value is -1.63. The molecule has 16 heavy (non-hydrogen) atoms. The summed E-state index contributed by atoms with van der Waals surface area (Å²) >= 11 is 0. The molecule has 0 saturated carbocycles. The van der Waals surface area contributed by atoms with E-state index in [1.165, 1.54) is 16.7 Å². The number of nitrogens with zero attached hydrogens (tertiary/aromatic N) is 1. The van der Waals surface area contributed by atoms with Crippen molar-refractivity contribution < 1.29 is 0 Å². The highest BCUT2D eigenvalue weighted by Gasteiger charge is 1.89. The molecule has 84 valence electrons. The van der Waals surface area contributed by atoms with Crippen molar-refractivity contribution in [2.75, 3.05) is 0 Å². The van der Waals surface area contributed by atoms with Gasteiger partial charge in [0.25, 0.3) is 0 Å². The van der Waals surface area contributed by atoms with Crippen molar-refractivity contribution in [2.45, 2.75) is 27.7 Å². The first-order valence-electron chi connectivity index (χ1n) is 5.51. The lowest BCUT2D eigenvalue weighted by Crippen LogP contribution is -1.79. The van der Waals surface area contributed by atoms with Crippen LogP contribution in [-0.2, 0) is 0 Å². The van der Waals surface area contributed by atoms with E-state index in [0.717, 1.165) is 5.69 Å². The monoisotopic (exact) mass is 213 g/mol. The minimum absolute atomic E-state index is 1.07. The molecule has 0 atom stereocenters. The van der Waals surface area contributed by atoms with Gasteiger partial charge in [0.2, 0.25) is 0 Å². The van der Waals surface area contributed by atoms with Crippen molar-refractivity contribution in [3.63, 3.8) is 0 Å². The highest BCUT2D eigenvalue weighted by atomic mass is 14.6. The van der Waals surface area contributed by atoms with Crippen molar-refractivity contribution >= 4 is 0 Å². The summed E-state index contributed by atoms with van der Waals surface area (Å²) in [6, 6.07) is 12.4. The molecule has 0 N–H and O–H groups in total. The lowest BCUT2D eigenvalue weighted by atomic mass is 10.1. The van der Waals surface area contributed by atoms with E-state index in [1.807, 2.05) is 25.1 Å². The average Bonchev–Trinajstić information content (AvgIpc) is 2.26. The zero-order chi connectivity index (χ0) is 12.0. The van der Waals surface area contributed by atoms with E-state index in [4.69, 9.17) is 0 Å². The van der Waals surface area contributed by atoms with Gasteiger partial charge in [0.15, 0.2) is 0 Å². The van der Waals surface area contributed by atoms with Crippen LogP contribution in [0.2, 0.25) is 0 Å². The zero-order valence-electron chi connectivity index (χ0n) is 10.5. The van der Waals surface area contributed by atoms with Gasteiger partial charge < -0.3 is 0 Å². The van der Waals surface area contributed by atoms with Gasteiger partial charge in [0.05, 0.1) is 0 Å². The van der Waals surface area contributed by atoms with Crippen LogP contribution in [0.1, 0.15) is 22.4 Å². The summed E-state index contributed by atoms with van der Waals surface area (Å²) in [6.07, 6.45) is 1.79. The summed E-state index contributed by atoms with van der Waals surface area (Å²) in [6.45, 7) is 8.36.